The molecule has 10 bridgehead atoms. The molecule has 24 unspecified atom stereocenters. The fourth-order valence-electron chi connectivity index (χ4n) is 14.3. The average Bonchev–Trinajstić information content (AvgIpc) is 1.25. The van der Waals surface area contributed by atoms with E-state index < -0.39 is 157 Å². The number of aliphatic hydroxyl groups excluding tert-OH is 5. The van der Waals surface area contributed by atoms with Crippen molar-refractivity contribution in [3.8, 4) is 0 Å². The normalized spacial score (nSPS) is 44.1. The number of rotatable bonds is 9. The number of allylic oxidation sites excluding steroid dienone is 4. The third-order valence-corrected chi connectivity index (χ3v) is 18.8. The molecular formula is C63H95ClO21. The van der Waals surface area contributed by atoms with E-state index in [4.69, 9.17) is 59.0 Å². The zero-order valence-electron chi connectivity index (χ0n) is 50.7. The van der Waals surface area contributed by atoms with Gasteiger partial charge in [0.15, 0.2) is 24.0 Å². The number of esters is 3. The van der Waals surface area contributed by atoms with Gasteiger partial charge in [-0.05, 0) is 69.8 Å². The van der Waals surface area contributed by atoms with Crippen molar-refractivity contribution < 1.29 is 102 Å². The predicted molar refractivity (Wildman–Crippen MR) is 307 cm³/mol. The molecule has 7 N–H and O–H groups in total. The molecule has 21 nitrogen and oxygen atoms in total. The molecule has 0 aromatic heterocycles. The molecule has 0 aromatic rings. The third kappa shape index (κ3) is 17.9. The highest BCUT2D eigenvalue weighted by Crippen LogP contribution is 2.50. The molecular weight excluding hydrogens is 1130 g/mol. The van der Waals surface area contributed by atoms with E-state index >= 15 is 0 Å². The number of aliphatic hydroxyl groups is 7. The largest absolute Gasteiger partial charge is 0.462 e. The third-order valence-electron chi connectivity index (χ3n) is 18.6. The standard InChI is InChI=1S/C63H95ClO21/c1-33(19-43(67)18-17-35(3)64)20-53-55(72)58-80-54(71)26-46-24-48(77-40(8)65)30-62(83-46)32-60(10,74)28-49(84-62)21-34(2)36(4)56(78-41(9)66)38(6)50(69)25-45-23-47(76-11)29-61(82-45)27-44(68)22-42(39(61)7)15-13-12-14-16-52-37(5)51(70)31-63(75,85-52)57(73)59(79-53)81-58/h13,15,17-18,36-39,42-49,51-53,55-59,67-68,70,72-75H,1-3,12,14,16,19-32H2,4-11H3. The summed E-state index contributed by atoms with van der Waals surface area (Å²) in [5, 5.41) is 82.0. The van der Waals surface area contributed by atoms with Crippen LogP contribution < -0.4 is 0 Å². The van der Waals surface area contributed by atoms with Crippen LogP contribution in [-0.4, -0.2) is 181 Å². The van der Waals surface area contributed by atoms with Crippen molar-refractivity contribution in [2.24, 2.45) is 29.6 Å². The quantitative estimate of drug-likeness (QED) is 0.0592. The highest BCUT2D eigenvalue weighted by atomic mass is 35.5. The van der Waals surface area contributed by atoms with Gasteiger partial charge in [-0.3, -0.25) is 19.2 Å². The number of ether oxygens (including phenoxy) is 10. The zero-order valence-corrected chi connectivity index (χ0v) is 51.5. The summed E-state index contributed by atoms with van der Waals surface area (Å²) in [4.78, 5) is 54.2. The summed E-state index contributed by atoms with van der Waals surface area (Å²) in [7, 11) is 1.62. The maximum atomic E-state index is 14.5. The van der Waals surface area contributed by atoms with Crippen molar-refractivity contribution in [2.45, 2.75) is 272 Å². The Balaban J connectivity index is 1.22. The average molecular weight is 1220 g/mol. The van der Waals surface area contributed by atoms with Gasteiger partial charge in [0.1, 0.15) is 24.1 Å². The SMILES string of the molecule is C=C(Cl)C=CC(O)CC(=C)CC1OC2OC(OC(=O)CC3CC(OC(C)=O)CC4(CC(C)(O)CC(CC(=C)C(C)C(OC(C)=O)C(C)C(=O)CC5CC(OC)CC6(CC(O)CC(C=CCCCC7OC(O)(CC(O)C7C)C2O)C6C)O5)O4)O3)C1O. The summed E-state index contributed by atoms with van der Waals surface area (Å²) in [5.74, 6) is -8.76. The first-order valence-electron chi connectivity index (χ1n) is 30.3. The summed E-state index contributed by atoms with van der Waals surface area (Å²) in [5.41, 5.74) is -1.40. The Hall–Kier alpha value is -3.49. The smallest absolute Gasteiger partial charge is 0.310 e. The van der Waals surface area contributed by atoms with Gasteiger partial charge in [-0.2, -0.15) is 0 Å². The lowest BCUT2D eigenvalue weighted by molar-refractivity contribution is -0.402. The number of hydrogen-bond donors (Lipinski definition) is 7. The van der Waals surface area contributed by atoms with E-state index in [1.54, 1.807) is 34.8 Å². The molecule has 6 fully saturated rings. The van der Waals surface area contributed by atoms with Crippen LogP contribution in [-0.2, 0) is 66.5 Å². The fourth-order valence-corrected chi connectivity index (χ4v) is 14.3. The molecule has 7 rings (SSSR count). The number of hydrogen-bond acceptors (Lipinski definition) is 21. The molecule has 5 saturated heterocycles. The van der Waals surface area contributed by atoms with Gasteiger partial charge in [0.2, 0.25) is 6.29 Å². The fraction of sp³-hybridized carbons (Fsp3) is 0.778. The molecule has 6 aliphatic heterocycles. The molecule has 480 valence electrons. The Morgan fingerprint density at radius 1 is 0.835 bits per heavy atom. The Morgan fingerprint density at radius 3 is 2.20 bits per heavy atom. The predicted octanol–water partition coefficient (Wildman–Crippen LogP) is 6.12. The molecule has 22 heteroatoms. The van der Waals surface area contributed by atoms with Crippen LogP contribution in [0.4, 0.5) is 0 Å². The van der Waals surface area contributed by atoms with Crippen LogP contribution in [0.1, 0.15) is 158 Å². The second kappa shape index (κ2) is 29.0. The monoisotopic (exact) mass is 1220 g/mol. The minimum atomic E-state index is -2.49. The van der Waals surface area contributed by atoms with Crippen LogP contribution in [0.25, 0.3) is 0 Å². The molecule has 0 aromatic carbocycles. The maximum Gasteiger partial charge on any atom is 0.310 e. The summed E-state index contributed by atoms with van der Waals surface area (Å²) in [6.45, 7) is 23.5. The number of carbonyl (C=O) groups excluding carboxylic acids is 4. The zero-order chi connectivity index (χ0) is 62.5. The van der Waals surface area contributed by atoms with Crippen molar-refractivity contribution in [1.82, 2.24) is 0 Å². The van der Waals surface area contributed by atoms with Crippen LogP contribution in [0.15, 0.2) is 60.2 Å². The highest BCUT2D eigenvalue weighted by Gasteiger charge is 2.57. The van der Waals surface area contributed by atoms with E-state index in [1.165, 1.54) is 26.0 Å². The number of fused-ring (bicyclic) bond motifs is 8. The second-order valence-electron chi connectivity index (χ2n) is 26.0. The molecule has 1 saturated carbocycles. The number of ketones is 1. The lowest BCUT2D eigenvalue weighted by atomic mass is 9.65. The molecule has 85 heavy (non-hydrogen) atoms. The summed E-state index contributed by atoms with van der Waals surface area (Å²) in [6.07, 6.45) is -8.49. The number of methoxy groups -OCH3 is 1. The van der Waals surface area contributed by atoms with Crippen molar-refractivity contribution in [3.05, 3.63) is 60.2 Å². The van der Waals surface area contributed by atoms with Gasteiger partial charge in [-0.25, -0.2) is 0 Å². The number of Topliss-reactive ketones (excluding diaryl/α,β-unsaturated/α-hetero) is 1. The maximum absolute atomic E-state index is 14.5. The van der Waals surface area contributed by atoms with Crippen molar-refractivity contribution in [1.29, 1.82) is 0 Å². The highest BCUT2D eigenvalue weighted by molar-refractivity contribution is 6.30. The van der Waals surface area contributed by atoms with Crippen LogP contribution in [0.3, 0.4) is 0 Å². The van der Waals surface area contributed by atoms with E-state index in [9.17, 15) is 54.9 Å². The molecule has 2 spiro atoms. The molecule has 6 heterocycles. The van der Waals surface area contributed by atoms with Gasteiger partial charge in [-0.15, -0.1) is 0 Å². The molecule has 0 radical (unpaired) electrons. The minimum absolute atomic E-state index is 0.0194. The summed E-state index contributed by atoms with van der Waals surface area (Å²) < 4.78 is 62.4. The molecule has 0 amide bonds. The van der Waals surface area contributed by atoms with E-state index in [2.05, 4.69) is 32.7 Å². The lowest BCUT2D eigenvalue weighted by Crippen LogP contribution is -2.64. The van der Waals surface area contributed by atoms with Crippen LogP contribution in [0.5, 0.6) is 0 Å². The van der Waals surface area contributed by atoms with Gasteiger partial charge >= 0.3 is 17.9 Å². The van der Waals surface area contributed by atoms with Gasteiger partial charge in [0.25, 0.3) is 0 Å². The topological polar surface area (TPSA) is 302 Å². The minimum Gasteiger partial charge on any atom is -0.462 e. The Morgan fingerprint density at radius 2 is 1.52 bits per heavy atom. The van der Waals surface area contributed by atoms with E-state index in [0.717, 1.165) is 0 Å². The lowest BCUT2D eigenvalue weighted by Gasteiger charge is -2.53. The van der Waals surface area contributed by atoms with Gasteiger partial charge in [0, 0.05) is 95.6 Å². The molecule has 7 aliphatic rings. The van der Waals surface area contributed by atoms with Gasteiger partial charge in [0.05, 0.1) is 78.5 Å². The Labute approximate surface area is 505 Å². The van der Waals surface area contributed by atoms with Crippen molar-refractivity contribution in [3.63, 3.8) is 0 Å². The molecule has 24 atom stereocenters. The second-order valence-corrected chi connectivity index (χ2v) is 26.5. The molecule has 1 aliphatic carbocycles. The summed E-state index contributed by atoms with van der Waals surface area (Å²) >= 11 is 5.87. The van der Waals surface area contributed by atoms with Crippen molar-refractivity contribution >= 4 is 35.3 Å². The number of halogens is 1. The van der Waals surface area contributed by atoms with Crippen LogP contribution >= 0.6 is 11.6 Å². The first-order valence-corrected chi connectivity index (χ1v) is 30.7. The Bertz CT molecular complexity index is 2430. The van der Waals surface area contributed by atoms with E-state index in [-0.39, 0.29) is 80.1 Å². The van der Waals surface area contributed by atoms with Gasteiger partial charge in [-0.1, -0.05) is 88.4 Å². The van der Waals surface area contributed by atoms with Crippen LogP contribution in [0, 0.1) is 29.6 Å². The first kappa shape index (κ1) is 69.0. The van der Waals surface area contributed by atoms with E-state index in [0.29, 0.717) is 56.1 Å². The van der Waals surface area contributed by atoms with Gasteiger partial charge < -0.3 is 83.1 Å². The summed E-state index contributed by atoms with van der Waals surface area (Å²) in [6, 6.07) is 0. The van der Waals surface area contributed by atoms with Crippen LogP contribution in [0.2, 0.25) is 0 Å². The first-order chi connectivity index (χ1) is 39.8. The number of carbonyl (C=O) groups is 4. The van der Waals surface area contributed by atoms with Crippen molar-refractivity contribution in [2.75, 3.05) is 7.11 Å². The Kier molecular flexibility index (Phi) is 23.5. The van der Waals surface area contributed by atoms with E-state index in [1.807, 2.05) is 6.08 Å².